The summed E-state index contributed by atoms with van der Waals surface area (Å²) in [7, 11) is 0. The maximum Gasteiger partial charge on any atom is 0.410 e. The maximum absolute atomic E-state index is 12.3. The van der Waals surface area contributed by atoms with Crippen LogP contribution in [-0.4, -0.2) is 43.3 Å². The third-order valence-electron chi connectivity index (χ3n) is 4.19. The van der Waals surface area contributed by atoms with E-state index in [9.17, 15) is 4.79 Å². The molecule has 138 valence electrons. The summed E-state index contributed by atoms with van der Waals surface area (Å²) in [5.74, 6) is 0. The highest BCUT2D eigenvalue weighted by molar-refractivity contribution is 9.10. The third kappa shape index (κ3) is 5.83. The van der Waals surface area contributed by atoms with Crippen molar-refractivity contribution >= 4 is 22.0 Å². The molecule has 1 saturated heterocycles. The predicted molar refractivity (Wildman–Crippen MR) is 104 cm³/mol. The first-order valence-corrected chi connectivity index (χ1v) is 9.52. The van der Waals surface area contributed by atoms with Gasteiger partial charge in [-0.3, -0.25) is 0 Å². The van der Waals surface area contributed by atoms with Crippen molar-refractivity contribution in [2.75, 3.05) is 26.2 Å². The minimum atomic E-state index is -0.283. The first kappa shape index (κ1) is 18.9. The van der Waals surface area contributed by atoms with Crippen LogP contribution in [0.15, 0.2) is 59.1 Å². The van der Waals surface area contributed by atoms with Crippen LogP contribution in [0.1, 0.15) is 11.1 Å². The number of rotatable bonds is 6. The topological polar surface area (TPSA) is 50.8 Å². The Morgan fingerprint density at radius 1 is 1.19 bits per heavy atom. The highest BCUT2D eigenvalue weighted by atomic mass is 79.9. The summed E-state index contributed by atoms with van der Waals surface area (Å²) in [5.41, 5.74) is 2.19. The van der Waals surface area contributed by atoms with Crippen LogP contribution in [-0.2, 0) is 22.6 Å². The average molecular weight is 419 g/mol. The molecule has 1 heterocycles. The van der Waals surface area contributed by atoms with Crippen molar-refractivity contribution in [1.29, 1.82) is 0 Å². The first-order valence-electron chi connectivity index (χ1n) is 8.73. The van der Waals surface area contributed by atoms with Gasteiger partial charge in [0.2, 0.25) is 0 Å². The molecule has 0 saturated carbocycles. The zero-order valence-corrected chi connectivity index (χ0v) is 16.2. The quantitative estimate of drug-likeness (QED) is 0.778. The van der Waals surface area contributed by atoms with E-state index in [4.69, 9.17) is 9.47 Å². The molecule has 26 heavy (non-hydrogen) atoms. The van der Waals surface area contributed by atoms with E-state index in [1.54, 1.807) is 4.90 Å². The van der Waals surface area contributed by atoms with Crippen molar-refractivity contribution in [2.45, 2.75) is 19.3 Å². The normalized spacial score (nSPS) is 17.1. The van der Waals surface area contributed by atoms with E-state index in [0.29, 0.717) is 32.8 Å². The molecule has 1 atom stereocenters. The van der Waals surface area contributed by atoms with Crippen LogP contribution < -0.4 is 5.32 Å². The molecular weight excluding hydrogens is 396 g/mol. The lowest BCUT2D eigenvalue weighted by Gasteiger charge is -2.32. The van der Waals surface area contributed by atoms with Crippen LogP contribution in [0.4, 0.5) is 4.79 Å². The molecule has 1 aliphatic rings. The molecule has 0 radical (unpaired) electrons. The monoisotopic (exact) mass is 418 g/mol. The van der Waals surface area contributed by atoms with Crippen LogP contribution >= 0.6 is 15.9 Å². The fourth-order valence-corrected chi connectivity index (χ4v) is 3.29. The lowest BCUT2D eigenvalue weighted by atomic mass is 10.2. The van der Waals surface area contributed by atoms with E-state index in [0.717, 1.165) is 16.6 Å². The number of nitrogens with zero attached hydrogens (tertiary/aromatic N) is 1. The van der Waals surface area contributed by atoms with E-state index >= 15 is 0 Å². The number of morpholine rings is 1. The van der Waals surface area contributed by atoms with E-state index in [2.05, 4.69) is 33.4 Å². The Morgan fingerprint density at radius 3 is 2.81 bits per heavy atom. The standard InChI is InChI=1S/C20H23BrN2O3/c21-18-8-4-7-17(11-18)12-22-13-19-14-23(9-10-25-19)20(24)26-15-16-5-2-1-3-6-16/h1-8,11,19,22H,9-10,12-15H2. The van der Waals surface area contributed by atoms with Gasteiger partial charge in [0.25, 0.3) is 0 Å². The van der Waals surface area contributed by atoms with Crippen molar-refractivity contribution in [3.8, 4) is 0 Å². The second-order valence-corrected chi connectivity index (χ2v) is 7.16. The molecule has 2 aromatic rings. The molecule has 2 aromatic carbocycles. The lowest BCUT2D eigenvalue weighted by Crippen LogP contribution is -2.49. The fraction of sp³-hybridized carbons (Fsp3) is 0.350. The molecule has 0 aliphatic carbocycles. The Hall–Kier alpha value is -1.89. The zero-order valence-electron chi connectivity index (χ0n) is 14.6. The second kappa shape index (κ2) is 9.71. The zero-order chi connectivity index (χ0) is 18.2. The van der Waals surface area contributed by atoms with Gasteiger partial charge in [-0.1, -0.05) is 58.4 Å². The number of carbonyl (C=O) groups is 1. The SMILES string of the molecule is O=C(OCc1ccccc1)N1CCOC(CNCc2cccc(Br)c2)C1. The Balaban J connectivity index is 1.41. The number of halogens is 1. The largest absolute Gasteiger partial charge is 0.445 e. The molecule has 1 aliphatic heterocycles. The predicted octanol–water partition coefficient (Wildman–Crippen LogP) is 3.58. The van der Waals surface area contributed by atoms with Crippen molar-refractivity contribution < 1.29 is 14.3 Å². The molecule has 3 rings (SSSR count). The number of amides is 1. The van der Waals surface area contributed by atoms with Gasteiger partial charge in [-0.25, -0.2) is 4.79 Å². The smallest absolute Gasteiger partial charge is 0.410 e. The van der Waals surface area contributed by atoms with Crippen LogP contribution in [0.5, 0.6) is 0 Å². The summed E-state index contributed by atoms with van der Waals surface area (Å²) in [6.45, 7) is 3.38. The number of hydrogen-bond donors (Lipinski definition) is 1. The fourth-order valence-electron chi connectivity index (χ4n) is 2.84. The molecule has 0 spiro atoms. The van der Waals surface area contributed by atoms with Gasteiger partial charge in [-0.2, -0.15) is 0 Å². The Labute approximate surface area is 162 Å². The highest BCUT2D eigenvalue weighted by Gasteiger charge is 2.25. The Kier molecular flexibility index (Phi) is 7.05. The number of nitrogens with one attached hydrogen (secondary N) is 1. The van der Waals surface area contributed by atoms with Gasteiger partial charge in [-0.15, -0.1) is 0 Å². The van der Waals surface area contributed by atoms with Crippen LogP contribution in [0.25, 0.3) is 0 Å². The molecule has 1 N–H and O–H groups in total. The molecule has 6 heteroatoms. The molecule has 0 aromatic heterocycles. The number of hydrogen-bond acceptors (Lipinski definition) is 4. The number of carbonyl (C=O) groups excluding carboxylic acids is 1. The lowest BCUT2D eigenvalue weighted by molar-refractivity contribution is -0.0271. The van der Waals surface area contributed by atoms with Crippen molar-refractivity contribution in [1.82, 2.24) is 10.2 Å². The molecule has 1 unspecified atom stereocenters. The number of ether oxygens (including phenoxy) is 2. The van der Waals surface area contributed by atoms with Crippen molar-refractivity contribution in [3.05, 3.63) is 70.2 Å². The van der Waals surface area contributed by atoms with Crippen molar-refractivity contribution in [2.24, 2.45) is 0 Å². The van der Waals surface area contributed by atoms with Gasteiger partial charge in [0.1, 0.15) is 6.61 Å². The Bertz CT molecular complexity index is 711. The van der Waals surface area contributed by atoms with E-state index in [1.807, 2.05) is 42.5 Å². The van der Waals surface area contributed by atoms with Gasteiger partial charge in [0, 0.05) is 24.1 Å². The van der Waals surface area contributed by atoms with Gasteiger partial charge in [0.15, 0.2) is 0 Å². The molecule has 1 amide bonds. The summed E-state index contributed by atoms with van der Waals surface area (Å²) in [5, 5.41) is 3.39. The van der Waals surface area contributed by atoms with E-state index < -0.39 is 0 Å². The van der Waals surface area contributed by atoms with E-state index in [-0.39, 0.29) is 12.2 Å². The summed E-state index contributed by atoms with van der Waals surface area (Å²) < 4.78 is 12.2. The molecule has 5 nitrogen and oxygen atoms in total. The number of benzene rings is 2. The second-order valence-electron chi connectivity index (χ2n) is 6.24. The summed E-state index contributed by atoms with van der Waals surface area (Å²) in [4.78, 5) is 14.0. The van der Waals surface area contributed by atoms with Crippen molar-refractivity contribution in [3.63, 3.8) is 0 Å². The molecule has 0 bridgehead atoms. The molecular formula is C20H23BrN2O3. The van der Waals surface area contributed by atoms with Gasteiger partial charge < -0.3 is 19.7 Å². The van der Waals surface area contributed by atoms with Gasteiger partial charge in [-0.05, 0) is 23.3 Å². The van der Waals surface area contributed by atoms with Gasteiger partial charge in [0.05, 0.1) is 19.3 Å². The maximum atomic E-state index is 12.3. The summed E-state index contributed by atoms with van der Waals surface area (Å²) in [6, 6.07) is 17.9. The minimum absolute atomic E-state index is 0.0276. The van der Waals surface area contributed by atoms with Crippen LogP contribution in [0.3, 0.4) is 0 Å². The summed E-state index contributed by atoms with van der Waals surface area (Å²) >= 11 is 3.48. The molecule has 1 fully saturated rings. The first-order chi connectivity index (χ1) is 12.7. The van der Waals surface area contributed by atoms with Gasteiger partial charge >= 0.3 is 6.09 Å². The third-order valence-corrected chi connectivity index (χ3v) is 4.69. The highest BCUT2D eigenvalue weighted by Crippen LogP contribution is 2.12. The van der Waals surface area contributed by atoms with Crippen LogP contribution in [0.2, 0.25) is 0 Å². The average Bonchev–Trinajstić information content (AvgIpc) is 2.67. The van der Waals surface area contributed by atoms with E-state index in [1.165, 1.54) is 5.56 Å². The Morgan fingerprint density at radius 2 is 2.00 bits per heavy atom. The van der Waals surface area contributed by atoms with Crippen LogP contribution in [0, 0.1) is 0 Å². The summed E-state index contributed by atoms with van der Waals surface area (Å²) in [6.07, 6.45) is -0.311. The minimum Gasteiger partial charge on any atom is -0.445 e.